The molecule has 0 unspecified atom stereocenters. The molecule has 11 heteroatoms. The summed E-state index contributed by atoms with van der Waals surface area (Å²) < 4.78 is 90.9. The summed E-state index contributed by atoms with van der Waals surface area (Å²) in [6.07, 6.45) is -3.81. The summed E-state index contributed by atoms with van der Waals surface area (Å²) in [5.41, 5.74) is -1.21. The number of alkyl halides is 5. The predicted octanol–water partition coefficient (Wildman–Crippen LogP) is 4.97. The third-order valence-corrected chi connectivity index (χ3v) is 6.39. The molecule has 174 valence electrons. The van der Waals surface area contributed by atoms with Gasteiger partial charge in [-0.25, -0.2) is 17.2 Å². The monoisotopic (exact) mass is 484 g/mol. The molecule has 0 aliphatic rings. The van der Waals surface area contributed by atoms with Crippen LogP contribution < -0.4 is 5.32 Å². The minimum absolute atomic E-state index is 0.115. The highest BCUT2D eigenvalue weighted by atomic mass is 32.2. The van der Waals surface area contributed by atoms with Crippen LogP contribution in [0.2, 0.25) is 0 Å². The first-order chi connectivity index (χ1) is 15.3. The molecule has 0 fully saturated rings. The largest absolute Gasteiger partial charge is 0.416 e. The van der Waals surface area contributed by atoms with Crippen LogP contribution in [0.5, 0.6) is 0 Å². The summed E-state index contributed by atoms with van der Waals surface area (Å²) in [6.45, 7) is 0.572. The van der Waals surface area contributed by atoms with Crippen molar-refractivity contribution in [3.05, 3.63) is 89.2 Å². The van der Waals surface area contributed by atoms with Gasteiger partial charge in [-0.1, -0.05) is 18.2 Å². The summed E-state index contributed by atoms with van der Waals surface area (Å²) in [5.74, 6) is -3.78. The molecule has 1 amide bonds. The average molecular weight is 484 g/mol. The Morgan fingerprint density at radius 3 is 2.12 bits per heavy atom. The van der Waals surface area contributed by atoms with Gasteiger partial charge < -0.3 is 5.32 Å². The van der Waals surface area contributed by atoms with Crippen molar-refractivity contribution in [1.29, 1.82) is 0 Å². The van der Waals surface area contributed by atoms with Crippen LogP contribution in [-0.4, -0.2) is 19.3 Å². The Hall–Kier alpha value is -3.34. The molecule has 5 nitrogen and oxygen atoms in total. The highest BCUT2D eigenvalue weighted by Crippen LogP contribution is 2.32. The van der Waals surface area contributed by atoms with Crippen LogP contribution in [0.15, 0.2) is 76.7 Å². The van der Waals surface area contributed by atoms with E-state index in [1.54, 1.807) is 0 Å². The van der Waals surface area contributed by atoms with Crippen LogP contribution >= 0.6 is 0 Å². The van der Waals surface area contributed by atoms with Crippen LogP contribution in [0, 0.1) is 0 Å². The Bertz CT molecular complexity index is 1270. The van der Waals surface area contributed by atoms with Crippen LogP contribution in [0.25, 0.3) is 0 Å². The second-order valence-corrected chi connectivity index (χ2v) is 9.13. The lowest BCUT2D eigenvalue weighted by Crippen LogP contribution is -2.24. The Labute approximate surface area is 186 Å². The number of nitrogens with one attached hydrogen (secondary N) is 1. The van der Waals surface area contributed by atoms with Gasteiger partial charge in [-0.3, -0.25) is 9.78 Å². The molecule has 1 aromatic heterocycles. The minimum atomic E-state index is -4.70. The second-order valence-electron chi connectivity index (χ2n) is 7.18. The van der Waals surface area contributed by atoms with Gasteiger partial charge in [-0.2, -0.15) is 13.2 Å². The fourth-order valence-electron chi connectivity index (χ4n) is 2.86. The van der Waals surface area contributed by atoms with Gasteiger partial charge in [0.1, 0.15) is 5.69 Å². The van der Waals surface area contributed by atoms with Crippen LogP contribution in [0.4, 0.5) is 22.0 Å². The van der Waals surface area contributed by atoms with E-state index >= 15 is 0 Å². The zero-order chi connectivity index (χ0) is 24.4. The number of benzene rings is 2. The van der Waals surface area contributed by atoms with Crippen molar-refractivity contribution < 1.29 is 35.2 Å². The Balaban J connectivity index is 1.77. The number of sulfone groups is 1. The molecule has 2 aromatic carbocycles. The molecule has 0 radical (unpaired) electrons. The normalized spacial score (nSPS) is 12.4. The molecule has 0 saturated carbocycles. The number of carbonyl (C=O) groups is 1. The average Bonchev–Trinajstić information content (AvgIpc) is 2.76. The van der Waals surface area contributed by atoms with E-state index in [0.29, 0.717) is 18.6 Å². The van der Waals surface area contributed by atoms with Crippen LogP contribution in [-0.2, 0) is 28.5 Å². The van der Waals surface area contributed by atoms with Crippen LogP contribution in [0.3, 0.4) is 0 Å². The molecule has 0 spiro atoms. The molecule has 1 N–H and O–H groups in total. The van der Waals surface area contributed by atoms with Gasteiger partial charge in [0.25, 0.3) is 11.8 Å². The molecule has 0 aliphatic carbocycles. The number of hydrogen-bond donors (Lipinski definition) is 1. The lowest BCUT2D eigenvalue weighted by molar-refractivity contribution is -0.137. The lowest BCUT2D eigenvalue weighted by Gasteiger charge is -2.11. The van der Waals surface area contributed by atoms with Gasteiger partial charge in [-0.05, 0) is 48.0 Å². The number of rotatable bonds is 6. The molecule has 0 atom stereocenters. The highest BCUT2D eigenvalue weighted by Gasteiger charge is 2.32. The first kappa shape index (κ1) is 24.3. The summed E-state index contributed by atoms with van der Waals surface area (Å²) in [7, 11) is -4.25. The molecule has 0 bridgehead atoms. The number of halogens is 5. The zero-order valence-electron chi connectivity index (χ0n) is 17.0. The van der Waals surface area contributed by atoms with E-state index in [1.165, 1.54) is 24.3 Å². The molecule has 3 aromatic rings. The maximum Gasteiger partial charge on any atom is 0.416 e. The van der Waals surface area contributed by atoms with Gasteiger partial charge in [0.2, 0.25) is 9.84 Å². The fraction of sp³-hybridized carbons (Fsp3) is 0.182. The van der Waals surface area contributed by atoms with Crippen molar-refractivity contribution in [3.8, 4) is 0 Å². The number of hydrogen-bond acceptors (Lipinski definition) is 4. The van der Waals surface area contributed by atoms with E-state index in [9.17, 15) is 35.2 Å². The van der Waals surface area contributed by atoms with Gasteiger partial charge in [-0.15, -0.1) is 0 Å². The standard InChI is InChI=1S/C22H17F5N2O3S/c1-21(23,24)16-8-9-19(28-13-16)20(30)29-12-14-4-2-6-17(10-14)33(31,32)18-7-3-5-15(11-18)22(25,26)27/h2-11,13H,12H2,1H3,(H,29,30). The van der Waals surface area contributed by atoms with E-state index < -0.39 is 38.3 Å². The van der Waals surface area contributed by atoms with Gasteiger partial charge >= 0.3 is 6.18 Å². The number of nitrogens with zero attached hydrogens (tertiary/aromatic N) is 1. The van der Waals surface area contributed by atoms with E-state index in [-0.39, 0.29) is 22.7 Å². The molecular weight excluding hydrogens is 467 g/mol. The quantitative estimate of drug-likeness (QED) is 0.501. The van der Waals surface area contributed by atoms with Crippen molar-refractivity contribution >= 4 is 15.7 Å². The third kappa shape index (κ3) is 5.72. The third-order valence-electron chi connectivity index (χ3n) is 4.64. The van der Waals surface area contributed by atoms with E-state index in [2.05, 4.69) is 10.3 Å². The number of carbonyl (C=O) groups excluding carboxylic acids is 1. The van der Waals surface area contributed by atoms with Gasteiger partial charge in [0.05, 0.1) is 15.4 Å². The topological polar surface area (TPSA) is 76.1 Å². The molecular formula is C22H17F5N2O3S. The molecule has 33 heavy (non-hydrogen) atoms. The Morgan fingerprint density at radius 2 is 1.55 bits per heavy atom. The smallest absolute Gasteiger partial charge is 0.347 e. The molecule has 0 aliphatic heterocycles. The van der Waals surface area contributed by atoms with Crippen molar-refractivity contribution in [2.24, 2.45) is 0 Å². The summed E-state index contributed by atoms with van der Waals surface area (Å²) in [4.78, 5) is 15.2. The van der Waals surface area contributed by atoms with E-state index in [4.69, 9.17) is 0 Å². The first-order valence-corrected chi connectivity index (χ1v) is 10.9. The van der Waals surface area contributed by atoms with Crippen molar-refractivity contribution in [2.45, 2.75) is 35.4 Å². The lowest BCUT2D eigenvalue weighted by atomic mass is 10.1. The number of amides is 1. The fourth-order valence-corrected chi connectivity index (χ4v) is 4.24. The van der Waals surface area contributed by atoms with E-state index in [1.807, 2.05) is 0 Å². The van der Waals surface area contributed by atoms with Gasteiger partial charge in [0.15, 0.2) is 0 Å². The van der Waals surface area contributed by atoms with E-state index in [0.717, 1.165) is 36.5 Å². The maximum atomic E-state index is 13.2. The Kier molecular flexibility index (Phi) is 6.55. The number of pyridine rings is 1. The maximum absolute atomic E-state index is 13.2. The van der Waals surface area contributed by atoms with Crippen molar-refractivity contribution in [3.63, 3.8) is 0 Å². The molecule has 1 heterocycles. The van der Waals surface area contributed by atoms with Crippen molar-refractivity contribution in [2.75, 3.05) is 0 Å². The van der Waals surface area contributed by atoms with Gasteiger partial charge in [0, 0.05) is 25.2 Å². The first-order valence-electron chi connectivity index (χ1n) is 9.42. The molecule has 3 rings (SSSR count). The number of aromatic nitrogens is 1. The van der Waals surface area contributed by atoms with Crippen molar-refractivity contribution in [1.82, 2.24) is 10.3 Å². The predicted molar refractivity (Wildman–Crippen MR) is 108 cm³/mol. The second kappa shape index (κ2) is 8.89. The highest BCUT2D eigenvalue weighted by molar-refractivity contribution is 7.91. The zero-order valence-corrected chi connectivity index (χ0v) is 17.8. The summed E-state index contributed by atoms with van der Waals surface area (Å²) in [6, 6.07) is 11.0. The SMILES string of the molecule is CC(F)(F)c1ccc(C(=O)NCc2cccc(S(=O)(=O)c3cccc(C(F)(F)F)c3)c2)nc1. The van der Waals surface area contributed by atoms with Crippen LogP contribution in [0.1, 0.15) is 34.1 Å². The summed E-state index contributed by atoms with van der Waals surface area (Å²) >= 11 is 0. The summed E-state index contributed by atoms with van der Waals surface area (Å²) in [5, 5.41) is 2.49. The molecule has 0 saturated heterocycles. The minimum Gasteiger partial charge on any atom is -0.347 e. The Morgan fingerprint density at radius 1 is 0.909 bits per heavy atom.